The van der Waals surface area contributed by atoms with Gasteiger partial charge in [-0.25, -0.2) is 5.10 Å². The van der Waals surface area contributed by atoms with Crippen molar-refractivity contribution < 1.29 is 32.2 Å². The van der Waals surface area contributed by atoms with Crippen LogP contribution in [0, 0.1) is 0 Å². The maximum Gasteiger partial charge on any atom is 0.418 e. The third-order valence-electron chi connectivity index (χ3n) is 5.95. The number of methoxy groups -OCH3 is 1. The number of anilines is 2. The van der Waals surface area contributed by atoms with E-state index < -0.39 is 34.7 Å². The van der Waals surface area contributed by atoms with Gasteiger partial charge in [-0.15, -0.1) is 0 Å². The number of halogens is 3. The van der Waals surface area contributed by atoms with Crippen molar-refractivity contribution in [2.45, 2.75) is 24.7 Å². The molecule has 0 unspecified atom stereocenters. The number of hydrogen-bond acceptors (Lipinski definition) is 7. The minimum atomic E-state index is -4.58. The van der Waals surface area contributed by atoms with Crippen molar-refractivity contribution in [2.75, 3.05) is 25.6 Å². The Morgan fingerprint density at radius 2 is 1.92 bits per heavy atom. The highest BCUT2D eigenvalue weighted by molar-refractivity contribution is 5.99. The first-order valence-corrected chi connectivity index (χ1v) is 11.4. The van der Waals surface area contributed by atoms with Crippen LogP contribution in [0.5, 0.6) is 5.75 Å². The second-order valence-corrected chi connectivity index (χ2v) is 8.59. The normalized spacial score (nSPS) is 17.1. The second-order valence-electron chi connectivity index (χ2n) is 8.59. The van der Waals surface area contributed by atoms with Gasteiger partial charge in [-0.3, -0.25) is 14.4 Å². The summed E-state index contributed by atoms with van der Waals surface area (Å²) in [6, 6.07) is 11.2. The summed E-state index contributed by atoms with van der Waals surface area (Å²) >= 11 is 0. The van der Waals surface area contributed by atoms with Gasteiger partial charge >= 0.3 is 6.18 Å². The zero-order valence-electron chi connectivity index (χ0n) is 20.1. The monoisotopic (exact) mass is 531 g/mol. The molecule has 1 aliphatic heterocycles. The van der Waals surface area contributed by atoms with E-state index in [4.69, 9.17) is 9.47 Å². The number of alkyl halides is 3. The summed E-state index contributed by atoms with van der Waals surface area (Å²) in [5.74, 6) is -1.03. The first kappa shape index (κ1) is 26.7. The minimum absolute atomic E-state index is 0.00135. The minimum Gasteiger partial charge on any atom is -0.497 e. The fourth-order valence-electron chi connectivity index (χ4n) is 3.90. The molecule has 1 aromatic heterocycles. The van der Waals surface area contributed by atoms with E-state index >= 15 is 0 Å². The van der Waals surface area contributed by atoms with Crippen LogP contribution in [0.25, 0.3) is 0 Å². The summed E-state index contributed by atoms with van der Waals surface area (Å²) < 4.78 is 50.7. The quantitative estimate of drug-likeness (QED) is 0.351. The largest absolute Gasteiger partial charge is 0.497 e. The number of nitrogens with zero attached hydrogens (tertiary/aromatic N) is 1. The van der Waals surface area contributed by atoms with Gasteiger partial charge in [0.1, 0.15) is 11.3 Å². The predicted molar refractivity (Wildman–Crippen MR) is 130 cm³/mol. The summed E-state index contributed by atoms with van der Waals surface area (Å²) in [6.45, 7) is 0.306. The third kappa shape index (κ3) is 6.11. The van der Waals surface area contributed by atoms with Crippen LogP contribution < -0.4 is 26.2 Å². The van der Waals surface area contributed by atoms with Crippen LogP contribution in [0.3, 0.4) is 0 Å². The Bertz CT molecular complexity index is 1370. The SMILES string of the molecule is COc1ccc(Nc2ccc(CNC(=O)[C@]3(NC(=O)c4cn[nH]c(=O)c4)CCOC3)cc2)c(C(F)(F)F)c1. The molecule has 1 atom stereocenters. The van der Waals surface area contributed by atoms with Crippen molar-refractivity contribution in [2.24, 2.45) is 0 Å². The fraction of sp³-hybridized carbons (Fsp3) is 0.280. The molecule has 200 valence electrons. The van der Waals surface area contributed by atoms with E-state index in [1.54, 1.807) is 24.3 Å². The average molecular weight is 531 g/mol. The molecule has 0 saturated carbocycles. The summed E-state index contributed by atoms with van der Waals surface area (Å²) in [5, 5.41) is 13.9. The molecule has 4 N–H and O–H groups in total. The standard InChI is InChI=1S/C25H24F3N5O5/c1-37-18-6-7-20(19(11-18)25(26,27)28)31-17-4-2-15(3-5-17)12-29-23(36)24(8-9-38-14-24)32-22(35)16-10-21(34)33-30-13-16/h2-7,10-11,13,31H,8-9,12,14H2,1H3,(H,29,36)(H,32,35)(H,33,34)/t24-/m0/s1. The third-order valence-corrected chi connectivity index (χ3v) is 5.95. The molecular formula is C25H24F3N5O5. The van der Waals surface area contributed by atoms with Gasteiger partial charge in [0.25, 0.3) is 11.5 Å². The molecule has 0 aliphatic carbocycles. The van der Waals surface area contributed by atoms with Crippen molar-refractivity contribution in [1.29, 1.82) is 0 Å². The van der Waals surface area contributed by atoms with Gasteiger partial charge in [-0.05, 0) is 35.9 Å². The Kier molecular flexibility index (Phi) is 7.67. The van der Waals surface area contributed by atoms with Crippen molar-refractivity contribution in [3.63, 3.8) is 0 Å². The number of hydrogen-bond donors (Lipinski definition) is 4. The maximum atomic E-state index is 13.5. The summed E-state index contributed by atoms with van der Waals surface area (Å²) in [5.41, 5.74) is -1.79. The van der Waals surface area contributed by atoms with Gasteiger partial charge in [-0.2, -0.15) is 18.3 Å². The molecule has 38 heavy (non-hydrogen) atoms. The Labute approximate surface area is 214 Å². The number of aromatic amines is 1. The Hall–Kier alpha value is -4.39. The van der Waals surface area contributed by atoms with Crippen LogP contribution in [-0.2, 0) is 22.3 Å². The highest BCUT2D eigenvalue weighted by atomic mass is 19.4. The molecule has 1 aliphatic rings. The van der Waals surface area contributed by atoms with Gasteiger partial charge in [0, 0.05) is 31.3 Å². The molecule has 0 bridgehead atoms. The number of benzene rings is 2. The van der Waals surface area contributed by atoms with E-state index in [1.165, 1.54) is 25.4 Å². The molecule has 10 nitrogen and oxygen atoms in total. The smallest absolute Gasteiger partial charge is 0.418 e. The van der Waals surface area contributed by atoms with E-state index in [2.05, 4.69) is 26.1 Å². The van der Waals surface area contributed by atoms with Crippen LogP contribution in [-0.4, -0.2) is 47.9 Å². The van der Waals surface area contributed by atoms with Gasteiger partial charge in [0.15, 0.2) is 0 Å². The van der Waals surface area contributed by atoms with Gasteiger partial charge < -0.3 is 25.4 Å². The summed E-state index contributed by atoms with van der Waals surface area (Å²) in [6.07, 6.45) is -3.17. The number of carbonyl (C=O) groups excluding carboxylic acids is 2. The van der Waals surface area contributed by atoms with Crippen molar-refractivity contribution in [3.8, 4) is 5.75 Å². The van der Waals surface area contributed by atoms with Crippen molar-refractivity contribution >= 4 is 23.2 Å². The molecule has 3 aromatic rings. The lowest BCUT2D eigenvalue weighted by Gasteiger charge is -2.27. The lowest BCUT2D eigenvalue weighted by molar-refractivity contribution is -0.137. The molecule has 4 rings (SSSR count). The van der Waals surface area contributed by atoms with Crippen LogP contribution in [0.15, 0.2) is 59.5 Å². The van der Waals surface area contributed by atoms with Gasteiger partial charge in [-0.1, -0.05) is 12.1 Å². The molecule has 2 amide bonds. The van der Waals surface area contributed by atoms with Crippen LogP contribution >= 0.6 is 0 Å². The van der Waals surface area contributed by atoms with Crippen LogP contribution in [0.4, 0.5) is 24.5 Å². The van der Waals surface area contributed by atoms with E-state index in [9.17, 15) is 27.6 Å². The zero-order chi connectivity index (χ0) is 27.3. The number of nitrogens with one attached hydrogen (secondary N) is 4. The second kappa shape index (κ2) is 10.9. The van der Waals surface area contributed by atoms with Crippen LogP contribution in [0.2, 0.25) is 0 Å². The van der Waals surface area contributed by atoms with E-state index in [-0.39, 0.29) is 43.2 Å². The molecule has 1 fully saturated rings. The number of aromatic nitrogens is 2. The molecular weight excluding hydrogens is 507 g/mol. The summed E-state index contributed by atoms with van der Waals surface area (Å²) in [4.78, 5) is 37.1. The van der Waals surface area contributed by atoms with E-state index in [0.717, 1.165) is 12.1 Å². The highest BCUT2D eigenvalue weighted by Gasteiger charge is 2.43. The van der Waals surface area contributed by atoms with Crippen LogP contribution in [0.1, 0.15) is 27.9 Å². The molecule has 0 spiro atoms. The van der Waals surface area contributed by atoms with Gasteiger partial charge in [0.05, 0.1) is 36.7 Å². The number of H-pyrrole nitrogens is 1. The van der Waals surface area contributed by atoms with Gasteiger partial charge in [0.2, 0.25) is 5.91 Å². The lowest BCUT2D eigenvalue weighted by atomic mass is 9.96. The number of amides is 2. The Balaban J connectivity index is 1.41. The number of rotatable bonds is 8. The maximum absolute atomic E-state index is 13.5. The first-order chi connectivity index (χ1) is 18.1. The van der Waals surface area contributed by atoms with Crippen molar-refractivity contribution in [3.05, 3.63) is 81.8 Å². The first-order valence-electron chi connectivity index (χ1n) is 11.4. The van der Waals surface area contributed by atoms with E-state index in [1.807, 2.05) is 0 Å². The highest BCUT2D eigenvalue weighted by Crippen LogP contribution is 2.38. The lowest BCUT2D eigenvalue weighted by Crippen LogP contribution is -2.59. The zero-order valence-corrected chi connectivity index (χ0v) is 20.1. The molecule has 1 saturated heterocycles. The molecule has 13 heteroatoms. The molecule has 2 heterocycles. The Morgan fingerprint density at radius 1 is 1.16 bits per heavy atom. The van der Waals surface area contributed by atoms with Crippen molar-refractivity contribution in [1.82, 2.24) is 20.8 Å². The average Bonchev–Trinajstić information content (AvgIpc) is 3.37. The number of ether oxygens (including phenoxy) is 2. The topological polar surface area (TPSA) is 134 Å². The molecule has 0 radical (unpaired) electrons. The number of carbonyl (C=O) groups is 2. The molecule has 2 aromatic carbocycles. The Morgan fingerprint density at radius 3 is 2.55 bits per heavy atom. The summed E-state index contributed by atoms with van der Waals surface area (Å²) in [7, 11) is 1.29. The van der Waals surface area contributed by atoms with E-state index in [0.29, 0.717) is 11.3 Å². The predicted octanol–water partition coefficient (Wildman–Crippen LogP) is 2.75. The fourth-order valence-corrected chi connectivity index (χ4v) is 3.90.